The summed E-state index contributed by atoms with van der Waals surface area (Å²) < 4.78 is 23.7. The molecule has 0 aliphatic heterocycles. The van der Waals surface area contributed by atoms with E-state index in [4.69, 9.17) is 9.47 Å². The fourth-order valence-electron chi connectivity index (χ4n) is 2.53. The predicted octanol–water partition coefficient (Wildman–Crippen LogP) is 3.56. The second-order valence-corrected chi connectivity index (χ2v) is 5.85. The molecule has 0 bridgehead atoms. The molecule has 0 saturated heterocycles. The topological polar surface area (TPSA) is 85.4 Å². The van der Waals surface area contributed by atoms with E-state index >= 15 is 0 Å². The van der Waals surface area contributed by atoms with Gasteiger partial charge in [0.05, 0.1) is 26.3 Å². The van der Waals surface area contributed by atoms with Crippen molar-refractivity contribution in [1.82, 2.24) is 10.2 Å². The van der Waals surface area contributed by atoms with Crippen LogP contribution >= 0.6 is 0 Å². The fourth-order valence-corrected chi connectivity index (χ4v) is 2.53. The molecule has 0 aliphatic rings. The van der Waals surface area contributed by atoms with Gasteiger partial charge in [0, 0.05) is 6.07 Å². The van der Waals surface area contributed by atoms with Crippen molar-refractivity contribution in [2.75, 3.05) is 24.9 Å². The van der Waals surface area contributed by atoms with Crippen LogP contribution in [0.1, 0.15) is 5.56 Å². The number of hydrogen-bond acceptors (Lipinski definition) is 6. The van der Waals surface area contributed by atoms with Gasteiger partial charge in [0.1, 0.15) is 17.3 Å². The van der Waals surface area contributed by atoms with Crippen molar-refractivity contribution >= 4 is 23.2 Å². The van der Waals surface area contributed by atoms with Crippen LogP contribution in [-0.2, 0) is 11.2 Å². The Bertz CT molecular complexity index is 964. The Balaban J connectivity index is 1.64. The first-order chi connectivity index (χ1) is 13.6. The average molecular weight is 382 g/mol. The molecule has 144 valence electrons. The van der Waals surface area contributed by atoms with Gasteiger partial charge in [0.2, 0.25) is 5.91 Å². The molecular formula is C20H19FN4O3. The predicted molar refractivity (Wildman–Crippen MR) is 104 cm³/mol. The van der Waals surface area contributed by atoms with Crippen LogP contribution in [0.25, 0.3) is 0 Å². The van der Waals surface area contributed by atoms with Gasteiger partial charge in [-0.1, -0.05) is 12.1 Å². The van der Waals surface area contributed by atoms with Crippen molar-refractivity contribution in [3.8, 4) is 11.5 Å². The Hall–Kier alpha value is -3.68. The molecule has 0 fully saturated rings. The van der Waals surface area contributed by atoms with Crippen LogP contribution in [0.15, 0.2) is 54.6 Å². The normalized spacial score (nSPS) is 10.2. The van der Waals surface area contributed by atoms with E-state index in [0.29, 0.717) is 34.4 Å². The quantitative estimate of drug-likeness (QED) is 0.650. The molecule has 7 nitrogen and oxygen atoms in total. The van der Waals surface area contributed by atoms with Crippen LogP contribution in [0.3, 0.4) is 0 Å². The second kappa shape index (κ2) is 8.81. The number of carbonyl (C=O) groups excluding carboxylic acids is 1. The number of carbonyl (C=O) groups is 1. The highest BCUT2D eigenvalue weighted by Crippen LogP contribution is 2.30. The molecule has 0 aliphatic carbocycles. The van der Waals surface area contributed by atoms with Gasteiger partial charge >= 0.3 is 0 Å². The smallest absolute Gasteiger partial charge is 0.229 e. The summed E-state index contributed by atoms with van der Waals surface area (Å²) in [7, 11) is 3.14. The van der Waals surface area contributed by atoms with Crippen molar-refractivity contribution in [3.63, 3.8) is 0 Å². The van der Waals surface area contributed by atoms with Crippen LogP contribution in [0, 0.1) is 5.82 Å². The Morgan fingerprint density at radius 1 is 1.00 bits per heavy atom. The zero-order valence-corrected chi connectivity index (χ0v) is 15.4. The molecule has 1 amide bonds. The summed E-state index contributed by atoms with van der Waals surface area (Å²) in [4.78, 5) is 12.1. The van der Waals surface area contributed by atoms with Crippen LogP contribution < -0.4 is 20.1 Å². The van der Waals surface area contributed by atoms with E-state index in [1.54, 1.807) is 56.7 Å². The van der Waals surface area contributed by atoms with Gasteiger partial charge in [0.25, 0.3) is 0 Å². The number of aromatic nitrogens is 2. The molecule has 1 aromatic heterocycles. The molecule has 28 heavy (non-hydrogen) atoms. The number of nitrogens with zero attached hydrogens (tertiary/aromatic N) is 2. The van der Waals surface area contributed by atoms with Crippen molar-refractivity contribution in [1.29, 1.82) is 0 Å². The Labute approximate surface area is 161 Å². The zero-order valence-electron chi connectivity index (χ0n) is 15.4. The first kappa shape index (κ1) is 19.1. The molecule has 8 heteroatoms. The molecule has 0 atom stereocenters. The highest BCUT2D eigenvalue weighted by molar-refractivity contribution is 5.91. The van der Waals surface area contributed by atoms with E-state index in [1.807, 2.05) is 0 Å². The largest absolute Gasteiger partial charge is 0.497 e. The van der Waals surface area contributed by atoms with Gasteiger partial charge in [-0.2, -0.15) is 0 Å². The van der Waals surface area contributed by atoms with Crippen molar-refractivity contribution < 1.29 is 18.7 Å². The number of amides is 1. The van der Waals surface area contributed by atoms with Gasteiger partial charge < -0.3 is 20.1 Å². The Morgan fingerprint density at radius 3 is 2.46 bits per heavy atom. The fraction of sp³-hybridized carbons (Fsp3) is 0.150. The van der Waals surface area contributed by atoms with E-state index in [9.17, 15) is 9.18 Å². The lowest BCUT2D eigenvalue weighted by atomic mass is 10.1. The third-order valence-corrected chi connectivity index (χ3v) is 3.86. The lowest BCUT2D eigenvalue weighted by molar-refractivity contribution is -0.115. The minimum atomic E-state index is -0.381. The first-order valence-corrected chi connectivity index (χ1v) is 8.44. The van der Waals surface area contributed by atoms with Crippen LogP contribution in [0.2, 0.25) is 0 Å². The number of halogens is 1. The number of benzene rings is 2. The number of nitrogens with one attached hydrogen (secondary N) is 2. The highest BCUT2D eigenvalue weighted by atomic mass is 19.1. The highest BCUT2D eigenvalue weighted by Gasteiger charge is 2.09. The summed E-state index contributed by atoms with van der Waals surface area (Å²) in [5, 5.41) is 13.8. The van der Waals surface area contributed by atoms with Gasteiger partial charge in [-0.15, -0.1) is 10.2 Å². The SMILES string of the molecule is COc1ccc(OC)c(Nc2ccc(NC(=O)Cc3cccc(F)c3)nn2)c1. The Morgan fingerprint density at radius 2 is 1.79 bits per heavy atom. The second-order valence-electron chi connectivity index (χ2n) is 5.85. The zero-order chi connectivity index (χ0) is 19.9. The summed E-state index contributed by atoms with van der Waals surface area (Å²) in [5.41, 5.74) is 1.24. The van der Waals surface area contributed by atoms with Gasteiger partial charge in [0.15, 0.2) is 11.6 Å². The summed E-state index contributed by atoms with van der Waals surface area (Å²) in [6, 6.07) is 14.5. The number of ether oxygens (including phenoxy) is 2. The summed E-state index contributed by atoms with van der Waals surface area (Å²) in [6.07, 6.45) is 0.0421. The van der Waals surface area contributed by atoms with Gasteiger partial charge in [-0.05, 0) is 42.0 Å². The summed E-state index contributed by atoms with van der Waals surface area (Å²) in [6.45, 7) is 0. The molecule has 1 heterocycles. The van der Waals surface area contributed by atoms with E-state index in [2.05, 4.69) is 20.8 Å². The lowest BCUT2D eigenvalue weighted by Gasteiger charge is -2.12. The minimum absolute atomic E-state index is 0.0421. The standard InChI is InChI=1S/C20H19FN4O3/c1-27-15-6-7-17(28-2)16(12-15)22-18-8-9-19(25-24-18)23-20(26)11-13-4-3-5-14(21)10-13/h3-10,12H,11H2,1-2H3,(H,22,24)(H,23,25,26). The molecule has 0 radical (unpaired) electrons. The van der Waals surface area contributed by atoms with Crippen LogP contribution in [0.4, 0.5) is 21.7 Å². The van der Waals surface area contributed by atoms with E-state index in [1.165, 1.54) is 12.1 Å². The molecule has 0 unspecified atom stereocenters. The van der Waals surface area contributed by atoms with E-state index in [-0.39, 0.29) is 18.1 Å². The van der Waals surface area contributed by atoms with Gasteiger partial charge in [-0.25, -0.2) is 4.39 Å². The Kier molecular flexibility index (Phi) is 6.01. The number of hydrogen-bond donors (Lipinski definition) is 2. The van der Waals surface area contributed by atoms with Crippen LogP contribution in [-0.4, -0.2) is 30.3 Å². The van der Waals surface area contributed by atoms with Crippen molar-refractivity contribution in [2.24, 2.45) is 0 Å². The van der Waals surface area contributed by atoms with Crippen molar-refractivity contribution in [2.45, 2.75) is 6.42 Å². The summed E-state index contributed by atoms with van der Waals surface area (Å²) in [5.74, 6) is 1.36. The number of anilines is 3. The average Bonchev–Trinajstić information content (AvgIpc) is 2.69. The molecular weight excluding hydrogens is 363 g/mol. The molecule has 0 spiro atoms. The molecule has 2 aromatic carbocycles. The number of methoxy groups -OCH3 is 2. The monoisotopic (exact) mass is 382 g/mol. The van der Waals surface area contributed by atoms with Crippen LogP contribution in [0.5, 0.6) is 11.5 Å². The lowest BCUT2D eigenvalue weighted by Crippen LogP contribution is -2.15. The third kappa shape index (κ3) is 4.94. The molecule has 3 rings (SSSR count). The maximum absolute atomic E-state index is 13.2. The van der Waals surface area contributed by atoms with Crippen molar-refractivity contribution in [3.05, 3.63) is 66.0 Å². The maximum atomic E-state index is 13.2. The van der Waals surface area contributed by atoms with Gasteiger partial charge in [-0.3, -0.25) is 4.79 Å². The number of rotatable bonds is 7. The third-order valence-electron chi connectivity index (χ3n) is 3.86. The van der Waals surface area contributed by atoms with E-state index < -0.39 is 0 Å². The molecule has 3 aromatic rings. The minimum Gasteiger partial charge on any atom is -0.497 e. The van der Waals surface area contributed by atoms with E-state index in [0.717, 1.165) is 0 Å². The summed E-state index contributed by atoms with van der Waals surface area (Å²) >= 11 is 0. The molecule has 2 N–H and O–H groups in total. The maximum Gasteiger partial charge on any atom is 0.229 e. The first-order valence-electron chi connectivity index (χ1n) is 8.44. The molecule has 0 saturated carbocycles.